The van der Waals surface area contributed by atoms with Crippen molar-refractivity contribution >= 4 is 23.3 Å². The minimum Gasteiger partial charge on any atom is -0.493 e. The first kappa shape index (κ1) is 21.2. The summed E-state index contributed by atoms with van der Waals surface area (Å²) in [4.78, 5) is 15.0. The SMILES string of the molecule is CCOc1ccc([C@@H](C)NC(=O)[C@H]2CCCN(c3ccc(Cl)nn3)C2)cc1OC. The Morgan fingerprint density at radius 3 is 2.83 bits per heavy atom. The number of nitrogens with zero attached hydrogens (tertiary/aromatic N) is 3. The van der Waals surface area contributed by atoms with Crippen molar-refractivity contribution in [3.63, 3.8) is 0 Å². The maximum atomic E-state index is 12.9. The summed E-state index contributed by atoms with van der Waals surface area (Å²) in [6, 6.07) is 9.15. The summed E-state index contributed by atoms with van der Waals surface area (Å²) in [5.41, 5.74) is 0.967. The van der Waals surface area contributed by atoms with Crippen molar-refractivity contribution in [2.45, 2.75) is 32.7 Å². The van der Waals surface area contributed by atoms with E-state index < -0.39 is 0 Å². The summed E-state index contributed by atoms with van der Waals surface area (Å²) in [6.07, 6.45) is 1.77. The first-order chi connectivity index (χ1) is 14.0. The van der Waals surface area contributed by atoms with Crippen molar-refractivity contribution in [3.8, 4) is 11.5 Å². The number of hydrogen-bond acceptors (Lipinski definition) is 6. The van der Waals surface area contributed by atoms with Crippen LogP contribution < -0.4 is 19.7 Å². The summed E-state index contributed by atoms with van der Waals surface area (Å²) in [6.45, 7) is 5.93. The van der Waals surface area contributed by atoms with Crippen molar-refractivity contribution in [2.24, 2.45) is 5.92 Å². The van der Waals surface area contributed by atoms with E-state index in [9.17, 15) is 4.79 Å². The molecule has 1 aromatic heterocycles. The van der Waals surface area contributed by atoms with Gasteiger partial charge in [-0.2, -0.15) is 0 Å². The molecule has 1 saturated heterocycles. The number of ether oxygens (including phenoxy) is 2. The van der Waals surface area contributed by atoms with E-state index in [1.165, 1.54) is 0 Å². The number of piperidine rings is 1. The molecule has 1 amide bonds. The van der Waals surface area contributed by atoms with E-state index >= 15 is 0 Å². The molecule has 2 atom stereocenters. The van der Waals surface area contributed by atoms with Gasteiger partial charge in [0, 0.05) is 13.1 Å². The van der Waals surface area contributed by atoms with Gasteiger partial charge in [-0.1, -0.05) is 17.7 Å². The molecule has 1 fully saturated rings. The number of anilines is 1. The Morgan fingerprint density at radius 1 is 1.31 bits per heavy atom. The summed E-state index contributed by atoms with van der Waals surface area (Å²) in [5, 5.41) is 11.5. The largest absolute Gasteiger partial charge is 0.493 e. The molecule has 0 aliphatic carbocycles. The standard InChI is InChI=1S/C21H27ClN4O3/c1-4-29-17-8-7-15(12-18(17)28-3)14(2)23-21(27)16-6-5-11-26(13-16)20-10-9-19(22)24-25-20/h7-10,12,14,16H,4-6,11,13H2,1-3H3,(H,23,27)/t14-,16+/m1/s1. The van der Waals surface area contributed by atoms with Gasteiger partial charge in [0.25, 0.3) is 0 Å². The Kier molecular flexibility index (Phi) is 7.14. The van der Waals surface area contributed by atoms with E-state index in [1.54, 1.807) is 13.2 Å². The van der Waals surface area contributed by atoms with Gasteiger partial charge < -0.3 is 19.7 Å². The molecule has 0 spiro atoms. The van der Waals surface area contributed by atoms with E-state index in [4.69, 9.17) is 21.1 Å². The zero-order chi connectivity index (χ0) is 20.8. The molecule has 2 aromatic rings. The van der Waals surface area contributed by atoms with Crippen LogP contribution in [0.3, 0.4) is 0 Å². The van der Waals surface area contributed by atoms with Crippen LogP contribution in [0.2, 0.25) is 5.15 Å². The Morgan fingerprint density at radius 2 is 2.14 bits per heavy atom. The Hall–Kier alpha value is -2.54. The maximum Gasteiger partial charge on any atom is 0.225 e. The first-order valence-corrected chi connectivity index (χ1v) is 10.2. The van der Waals surface area contributed by atoms with Gasteiger partial charge in [0.15, 0.2) is 22.5 Å². The highest BCUT2D eigenvalue weighted by Gasteiger charge is 2.27. The van der Waals surface area contributed by atoms with Crippen molar-refractivity contribution in [2.75, 3.05) is 31.7 Å². The number of carbonyl (C=O) groups excluding carboxylic acids is 1. The lowest BCUT2D eigenvalue weighted by Crippen LogP contribution is -2.44. The quantitative estimate of drug-likeness (QED) is 0.739. The van der Waals surface area contributed by atoms with Crippen LogP contribution >= 0.6 is 11.6 Å². The van der Waals surface area contributed by atoms with Crippen LogP contribution in [0.5, 0.6) is 11.5 Å². The number of amides is 1. The molecule has 1 N–H and O–H groups in total. The fraction of sp³-hybridized carbons (Fsp3) is 0.476. The van der Waals surface area contributed by atoms with Crippen LogP contribution in [0, 0.1) is 5.92 Å². The molecule has 0 bridgehead atoms. The summed E-state index contributed by atoms with van der Waals surface area (Å²) in [7, 11) is 1.61. The summed E-state index contributed by atoms with van der Waals surface area (Å²) >= 11 is 5.82. The minimum absolute atomic E-state index is 0.0389. The number of halogens is 1. The van der Waals surface area contributed by atoms with Crippen molar-refractivity contribution in [1.29, 1.82) is 0 Å². The molecule has 2 heterocycles. The molecule has 1 aliphatic heterocycles. The van der Waals surface area contributed by atoms with Crippen LogP contribution in [0.1, 0.15) is 38.3 Å². The third-order valence-corrected chi connectivity index (χ3v) is 5.28. The third kappa shape index (κ3) is 5.29. The van der Waals surface area contributed by atoms with Crippen LogP contribution in [-0.2, 0) is 4.79 Å². The Labute approximate surface area is 176 Å². The predicted octanol–water partition coefficient (Wildman–Crippen LogP) is 3.63. The molecular weight excluding hydrogens is 392 g/mol. The van der Waals surface area contributed by atoms with Crippen LogP contribution in [0.15, 0.2) is 30.3 Å². The van der Waals surface area contributed by atoms with Crippen LogP contribution in [-0.4, -0.2) is 42.9 Å². The normalized spacial score (nSPS) is 17.5. The van der Waals surface area contributed by atoms with Gasteiger partial charge in [-0.3, -0.25) is 4.79 Å². The monoisotopic (exact) mass is 418 g/mol. The lowest BCUT2D eigenvalue weighted by Gasteiger charge is -2.33. The molecule has 1 aromatic carbocycles. The molecule has 3 rings (SSSR count). The third-order valence-electron chi connectivity index (χ3n) is 5.08. The molecule has 29 heavy (non-hydrogen) atoms. The molecular formula is C21H27ClN4O3. The summed E-state index contributed by atoms with van der Waals surface area (Å²) < 4.78 is 11.0. The number of methoxy groups -OCH3 is 1. The van der Waals surface area contributed by atoms with E-state index in [-0.39, 0.29) is 17.9 Å². The highest BCUT2D eigenvalue weighted by molar-refractivity contribution is 6.29. The second-order valence-corrected chi connectivity index (χ2v) is 7.46. The Balaban J connectivity index is 1.63. The van der Waals surface area contributed by atoms with E-state index in [0.717, 1.165) is 30.8 Å². The average molecular weight is 419 g/mol. The molecule has 0 saturated carbocycles. The van der Waals surface area contributed by atoms with Gasteiger partial charge in [-0.15, -0.1) is 10.2 Å². The van der Waals surface area contributed by atoms with E-state index in [0.29, 0.717) is 29.8 Å². The fourth-order valence-corrected chi connectivity index (χ4v) is 3.62. The molecule has 8 heteroatoms. The average Bonchev–Trinajstić information content (AvgIpc) is 2.74. The van der Waals surface area contributed by atoms with E-state index in [2.05, 4.69) is 20.4 Å². The molecule has 1 aliphatic rings. The van der Waals surface area contributed by atoms with Gasteiger partial charge in [0.2, 0.25) is 5.91 Å². The maximum absolute atomic E-state index is 12.9. The van der Waals surface area contributed by atoms with Crippen molar-refractivity contribution in [1.82, 2.24) is 15.5 Å². The highest BCUT2D eigenvalue weighted by Crippen LogP contribution is 2.30. The number of hydrogen-bond donors (Lipinski definition) is 1. The molecule has 0 radical (unpaired) electrons. The number of rotatable bonds is 7. The van der Waals surface area contributed by atoms with Crippen LogP contribution in [0.4, 0.5) is 5.82 Å². The number of carbonyl (C=O) groups is 1. The second kappa shape index (κ2) is 9.78. The minimum atomic E-state index is -0.141. The van der Waals surface area contributed by atoms with Gasteiger partial charge in [-0.05, 0) is 56.5 Å². The number of benzene rings is 1. The molecule has 7 nitrogen and oxygen atoms in total. The lowest BCUT2D eigenvalue weighted by atomic mass is 9.96. The zero-order valence-corrected chi connectivity index (χ0v) is 17.8. The number of nitrogens with one attached hydrogen (secondary N) is 1. The smallest absolute Gasteiger partial charge is 0.225 e. The fourth-order valence-electron chi connectivity index (χ4n) is 3.52. The van der Waals surface area contributed by atoms with Gasteiger partial charge in [0.05, 0.1) is 25.7 Å². The van der Waals surface area contributed by atoms with Crippen molar-refractivity contribution in [3.05, 3.63) is 41.0 Å². The van der Waals surface area contributed by atoms with Gasteiger partial charge >= 0.3 is 0 Å². The lowest BCUT2D eigenvalue weighted by molar-refractivity contribution is -0.125. The van der Waals surface area contributed by atoms with Crippen LogP contribution in [0.25, 0.3) is 0 Å². The van der Waals surface area contributed by atoms with Gasteiger partial charge in [0.1, 0.15) is 0 Å². The zero-order valence-electron chi connectivity index (χ0n) is 17.0. The van der Waals surface area contributed by atoms with Gasteiger partial charge in [-0.25, -0.2) is 0 Å². The topological polar surface area (TPSA) is 76.6 Å². The molecule has 0 unspecified atom stereocenters. The predicted molar refractivity (Wildman–Crippen MR) is 113 cm³/mol. The first-order valence-electron chi connectivity index (χ1n) is 9.87. The second-order valence-electron chi connectivity index (χ2n) is 7.07. The van der Waals surface area contributed by atoms with E-state index in [1.807, 2.05) is 38.1 Å². The Bertz CT molecular complexity index is 831. The summed E-state index contributed by atoms with van der Waals surface area (Å²) in [5.74, 6) is 2.04. The highest BCUT2D eigenvalue weighted by atomic mass is 35.5. The van der Waals surface area contributed by atoms with Crippen molar-refractivity contribution < 1.29 is 14.3 Å². The molecule has 156 valence electrons. The number of aromatic nitrogens is 2.